The van der Waals surface area contributed by atoms with Crippen molar-refractivity contribution in [2.24, 2.45) is 5.10 Å². The van der Waals surface area contributed by atoms with E-state index in [1.807, 2.05) is 24.3 Å². The molecule has 0 spiro atoms. The number of hydrogen-bond donors (Lipinski definition) is 1. The quantitative estimate of drug-likeness (QED) is 0.503. The zero-order valence-corrected chi connectivity index (χ0v) is 13.4. The molecule has 7 heteroatoms. The number of carbonyl (C=O) groups is 1. The van der Waals surface area contributed by atoms with Gasteiger partial charge in [0.1, 0.15) is 10.6 Å². The number of rotatable bonds is 6. The predicted octanol–water partition coefficient (Wildman–Crippen LogP) is 3.08. The normalized spacial score (nSPS) is 10.7. The first kappa shape index (κ1) is 16.0. The number of nitrogens with zero attached hydrogens (tertiary/aromatic N) is 2. The number of nitrogens with one attached hydrogen (secondary N) is 1. The van der Waals surface area contributed by atoms with Crippen LogP contribution in [0.1, 0.15) is 27.9 Å². The molecule has 1 heterocycles. The van der Waals surface area contributed by atoms with Crippen molar-refractivity contribution in [2.45, 2.75) is 13.8 Å². The average Bonchev–Trinajstić information content (AvgIpc) is 2.89. The van der Waals surface area contributed by atoms with Crippen LogP contribution in [0.25, 0.3) is 0 Å². The number of aromatic nitrogens is 1. The van der Waals surface area contributed by atoms with Crippen molar-refractivity contribution in [2.75, 3.05) is 19.1 Å². The second kappa shape index (κ2) is 7.56. The van der Waals surface area contributed by atoms with Gasteiger partial charge in [0, 0.05) is 5.56 Å². The number of carbonyl (C=O) groups excluding carboxylic acids is 1. The first-order chi connectivity index (χ1) is 10.7. The number of benzene rings is 1. The molecule has 2 rings (SSSR count). The van der Waals surface area contributed by atoms with Crippen molar-refractivity contribution in [1.29, 1.82) is 0 Å². The summed E-state index contributed by atoms with van der Waals surface area (Å²) in [5, 5.41) is 4.66. The Morgan fingerprint density at radius 3 is 2.95 bits per heavy atom. The fourth-order valence-electron chi connectivity index (χ4n) is 1.76. The summed E-state index contributed by atoms with van der Waals surface area (Å²) in [7, 11) is 1.61. The van der Waals surface area contributed by atoms with E-state index in [-0.39, 0.29) is 5.97 Å². The van der Waals surface area contributed by atoms with Crippen molar-refractivity contribution in [3.05, 3.63) is 40.4 Å². The van der Waals surface area contributed by atoms with Crippen LogP contribution in [0.5, 0.6) is 5.75 Å². The summed E-state index contributed by atoms with van der Waals surface area (Å²) in [6.45, 7) is 3.87. The van der Waals surface area contributed by atoms with E-state index in [9.17, 15) is 4.79 Å². The summed E-state index contributed by atoms with van der Waals surface area (Å²) in [4.78, 5) is 16.5. The molecule has 2 aromatic rings. The predicted molar refractivity (Wildman–Crippen MR) is 87.0 cm³/mol. The number of hydrazone groups is 1. The van der Waals surface area contributed by atoms with Crippen LogP contribution in [-0.2, 0) is 4.74 Å². The van der Waals surface area contributed by atoms with E-state index in [0.29, 0.717) is 22.3 Å². The molecule has 0 aliphatic carbocycles. The minimum absolute atomic E-state index is 0.338. The van der Waals surface area contributed by atoms with Crippen LogP contribution in [0.3, 0.4) is 0 Å². The molecule has 22 heavy (non-hydrogen) atoms. The molecule has 1 aromatic carbocycles. The average molecular weight is 319 g/mol. The topological polar surface area (TPSA) is 72.8 Å². The SMILES string of the molecule is CCOC(=O)c1sc(N/N=C\c2ccccc2OC)nc1C. The maximum Gasteiger partial charge on any atom is 0.350 e. The van der Waals surface area contributed by atoms with Gasteiger partial charge in [-0.3, -0.25) is 5.43 Å². The van der Waals surface area contributed by atoms with Crippen LogP contribution < -0.4 is 10.2 Å². The first-order valence-electron chi connectivity index (χ1n) is 6.72. The minimum atomic E-state index is -0.362. The van der Waals surface area contributed by atoms with Gasteiger partial charge < -0.3 is 9.47 Å². The van der Waals surface area contributed by atoms with Crippen LogP contribution in [0, 0.1) is 6.92 Å². The van der Waals surface area contributed by atoms with E-state index in [1.54, 1.807) is 27.2 Å². The van der Waals surface area contributed by atoms with E-state index in [2.05, 4.69) is 15.5 Å². The Labute approximate surface area is 132 Å². The van der Waals surface area contributed by atoms with Crippen LogP contribution in [-0.4, -0.2) is 30.9 Å². The largest absolute Gasteiger partial charge is 0.496 e. The van der Waals surface area contributed by atoms with Crippen molar-refractivity contribution >= 4 is 28.7 Å². The molecule has 0 saturated carbocycles. The van der Waals surface area contributed by atoms with E-state index >= 15 is 0 Å². The molecule has 0 amide bonds. The second-order valence-electron chi connectivity index (χ2n) is 4.27. The lowest BCUT2D eigenvalue weighted by Crippen LogP contribution is -2.03. The molecule has 0 saturated heterocycles. The molecule has 1 aromatic heterocycles. The molecule has 0 unspecified atom stereocenters. The molecular formula is C15H17N3O3S. The van der Waals surface area contributed by atoms with Gasteiger partial charge in [0.2, 0.25) is 5.13 Å². The molecule has 0 bridgehead atoms. The zero-order chi connectivity index (χ0) is 15.9. The van der Waals surface area contributed by atoms with Crippen molar-refractivity contribution < 1.29 is 14.3 Å². The zero-order valence-electron chi connectivity index (χ0n) is 12.6. The number of hydrogen-bond acceptors (Lipinski definition) is 7. The number of methoxy groups -OCH3 is 1. The Morgan fingerprint density at radius 2 is 2.23 bits per heavy atom. The fraction of sp³-hybridized carbons (Fsp3) is 0.267. The number of anilines is 1. The van der Waals surface area contributed by atoms with Gasteiger partial charge in [-0.2, -0.15) is 5.10 Å². The van der Waals surface area contributed by atoms with Crippen molar-refractivity contribution in [1.82, 2.24) is 4.98 Å². The molecule has 0 radical (unpaired) electrons. The van der Waals surface area contributed by atoms with Gasteiger partial charge in [-0.15, -0.1) is 0 Å². The number of thiazole rings is 1. The third kappa shape index (κ3) is 3.82. The van der Waals surface area contributed by atoms with Crippen molar-refractivity contribution in [3.8, 4) is 5.75 Å². The van der Waals surface area contributed by atoms with Gasteiger partial charge in [0.15, 0.2) is 0 Å². The van der Waals surface area contributed by atoms with Crippen LogP contribution >= 0.6 is 11.3 Å². The summed E-state index contributed by atoms with van der Waals surface area (Å²) < 4.78 is 10.2. The fourth-order valence-corrected chi connectivity index (χ4v) is 2.57. The number of ether oxygens (including phenoxy) is 2. The maximum absolute atomic E-state index is 11.7. The number of para-hydroxylation sites is 1. The summed E-state index contributed by atoms with van der Waals surface area (Å²) in [5.74, 6) is 0.370. The highest BCUT2D eigenvalue weighted by atomic mass is 32.1. The Hall–Kier alpha value is -2.41. The minimum Gasteiger partial charge on any atom is -0.496 e. The Kier molecular flexibility index (Phi) is 5.48. The van der Waals surface area contributed by atoms with E-state index in [4.69, 9.17) is 9.47 Å². The molecule has 0 fully saturated rings. The summed E-state index contributed by atoms with van der Waals surface area (Å²) >= 11 is 1.21. The lowest BCUT2D eigenvalue weighted by Gasteiger charge is -2.02. The lowest BCUT2D eigenvalue weighted by atomic mass is 10.2. The summed E-state index contributed by atoms with van der Waals surface area (Å²) in [5.41, 5.74) is 4.28. The lowest BCUT2D eigenvalue weighted by molar-refractivity contribution is 0.0531. The molecule has 0 aliphatic rings. The van der Waals surface area contributed by atoms with Crippen molar-refractivity contribution in [3.63, 3.8) is 0 Å². The van der Waals surface area contributed by atoms with E-state index in [1.165, 1.54) is 11.3 Å². The highest BCUT2D eigenvalue weighted by molar-refractivity contribution is 7.17. The molecular weight excluding hydrogens is 302 g/mol. The Morgan fingerprint density at radius 1 is 1.45 bits per heavy atom. The Bertz CT molecular complexity index is 682. The van der Waals surface area contributed by atoms with Crippen LogP contribution in [0.2, 0.25) is 0 Å². The van der Waals surface area contributed by atoms with Gasteiger partial charge in [-0.25, -0.2) is 9.78 Å². The maximum atomic E-state index is 11.7. The van der Waals surface area contributed by atoms with Crippen LogP contribution in [0.15, 0.2) is 29.4 Å². The molecule has 1 N–H and O–H groups in total. The third-order valence-corrected chi connectivity index (χ3v) is 3.80. The van der Waals surface area contributed by atoms with E-state index < -0.39 is 0 Å². The third-order valence-electron chi connectivity index (χ3n) is 2.76. The smallest absolute Gasteiger partial charge is 0.350 e. The standard InChI is InChI=1S/C15H17N3O3S/c1-4-21-14(19)13-10(2)17-15(22-13)18-16-9-11-7-5-6-8-12(11)20-3/h5-9H,4H2,1-3H3,(H,17,18)/b16-9-. The van der Waals surface area contributed by atoms with Gasteiger partial charge in [0.25, 0.3) is 0 Å². The van der Waals surface area contributed by atoms with Gasteiger partial charge in [-0.05, 0) is 26.0 Å². The van der Waals surface area contributed by atoms with E-state index in [0.717, 1.165) is 11.3 Å². The summed E-state index contributed by atoms with van der Waals surface area (Å²) in [6, 6.07) is 7.53. The van der Waals surface area contributed by atoms with Gasteiger partial charge in [-0.1, -0.05) is 23.5 Å². The van der Waals surface area contributed by atoms with Gasteiger partial charge >= 0.3 is 5.97 Å². The van der Waals surface area contributed by atoms with Crippen LogP contribution in [0.4, 0.5) is 5.13 Å². The molecule has 6 nitrogen and oxygen atoms in total. The second-order valence-corrected chi connectivity index (χ2v) is 5.27. The molecule has 0 atom stereocenters. The highest BCUT2D eigenvalue weighted by Crippen LogP contribution is 2.23. The summed E-state index contributed by atoms with van der Waals surface area (Å²) in [6.07, 6.45) is 1.64. The molecule has 0 aliphatic heterocycles. The highest BCUT2D eigenvalue weighted by Gasteiger charge is 2.15. The number of aryl methyl sites for hydroxylation is 1. The first-order valence-corrected chi connectivity index (χ1v) is 7.54. The monoisotopic (exact) mass is 319 g/mol. The van der Waals surface area contributed by atoms with Gasteiger partial charge in [0.05, 0.1) is 25.6 Å². The number of esters is 1. The molecule has 116 valence electrons. The Balaban J connectivity index is 2.07.